The van der Waals surface area contributed by atoms with E-state index in [9.17, 15) is 9.59 Å². The molecule has 6 heteroatoms. The van der Waals surface area contributed by atoms with E-state index in [4.69, 9.17) is 4.74 Å². The minimum atomic E-state index is -0.277. The first-order chi connectivity index (χ1) is 13.1. The molecule has 0 aliphatic carbocycles. The lowest BCUT2D eigenvalue weighted by atomic mass is 9.91. The maximum absolute atomic E-state index is 12.8. The summed E-state index contributed by atoms with van der Waals surface area (Å²) in [6, 6.07) is 9.83. The molecule has 146 valence electrons. The minimum absolute atomic E-state index is 0.00368. The second-order valence-corrected chi connectivity index (χ2v) is 8.19. The third-order valence-electron chi connectivity index (χ3n) is 6.34. The number of hydrogen-bond acceptors (Lipinski definition) is 4. The number of rotatable bonds is 3. The number of nitrogens with zero attached hydrogens (tertiary/aromatic N) is 3. The highest BCUT2D eigenvalue weighted by molar-refractivity contribution is 5.98. The van der Waals surface area contributed by atoms with Gasteiger partial charge in [-0.05, 0) is 37.3 Å². The zero-order valence-corrected chi connectivity index (χ0v) is 16.1. The number of carbonyl (C=O) groups is 2. The fraction of sp³-hybridized carbons (Fsp3) is 0.619. The normalized spacial score (nSPS) is 27.5. The molecule has 1 spiro atoms. The third-order valence-corrected chi connectivity index (χ3v) is 6.34. The van der Waals surface area contributed by atoms with Gasteiger partial charge in [0.2, 0.25) is 11.8 Å². The number of likely N-dealkylation sites (tertiary alicyclic amines) is 1. The van der Waals surface area contributed by atoms with Crippen LogP contribution in [0.25, 0.3) is 0 Å². The van der Waals surface area contributed by atoms with Gasteiger partial charge in [-0.1, -0.05) is 18.2 Å². The van der Waals surface area contributed by atoms with Crippen LogP contribution in [0.15, 0.2) is 30.3 Å². The molecule has 3 aliphatic rings. The van der Waals surface area contributed by atoms with Gasteiger partial charge in [-0.15, -0.1) is 0 Å². The molecule has 3 fully saturated rings. The van der Waals surface area contributed by atoms with Crippen LogP contribution in [0.1, 0.15) is 26.2 Å². The summed E-state index contributed by atoms with van der Waals surface area (Å²) in [6.45, 7) is 6.97. The molecular weight excluding hydrogens is 342 g/mol. The lowest BCUT2D eigenvalue weighted by Crippen LogP contribution is -2.66. The maximum atomic E-state index is 12.8. The Morgan fingerprint density at radius 3 is 2.63 bits per heavy atom. The van der Waals surface area contributed by atoms with Crippen LogP contribution in [-0.2, 0) is 14.3 Å². The lowest BCUT2D eigenvalue weighted by molar-refractivity contribution is -0.142. The summed E-state index contributed by atoms with van der Waals surface area (Å²) >= 11 is 0. The smallest absolute Gasteiger partial charge is 0.246 e. The molecule has 3 heterocycles. The number of hydrogen-bond donors (Lipinski definition) is 0. The molecule has 0 bridgehead atoms. The van der Waals surface area contributed by atoms with Gasteiger partial charge in [0.1, 0.15) is 6.54 Å². The summed E-state index contributed by atoms with van der Waals surface area (Å²) in [5, 5.41) is 0. The molecule has 0 radical (unpaired) electrons. The molecular formula is C21H29N3O3. The van der Waals surface area contributed by atoms with Gasteiger partial charge in [0.25, 0.3) is 0 Å². The van der Waals surface area contributed by atoms with Crippen molar-refractivity contribution in [2.24, 2.45) is 5.92 Å². The molecule has 1 aromatic carbocycles. The molecule has 3 saturated heterocycles. The van der Waals surface area contributed by atoms with Crippen LogP contribution < -0.4 is 4.90 Å². The van der Waals surface area contributed by atoms with Crippen LogP contribution in [0.5, 0.6) is 0 Å². The van der Waals surface area contributed by atoms with E-state index in [0.717, 1.165) is 57.8 Å². The molecule has 2 amide bonds. The summed E-state index contributed by atoms with van der Waals surface area (Å²) < 4.78 is 5.48. The number of ether oxygens (including phenoxy) is 1. The SMILES string of the molecule is CC(=O)N1CC(=O)N(c2ccccc2)C[C@]12CCN(CC1CCOCC1)C2. The van der Waals surface area contributed by atoms with Gasteiger partial charge in [-0.25, -0.2) is 0 Å². The average molecular weight is 371 g/mol. The van der Waals surface area contributed by atoms with Gasteiger partial charge < -0.3 is 19.4 Å². The van der Waals surface area contributed by atoms with Gasteiger partial charge in [0.05, 0.1) is 12.1 Å². The number of para-hydroxylation sites is 1. The highest BCUT2D eigenvalue weighted by atomic mass is 16.5. The molecule has 1 atom stereocenters. The Hall–Kier alpha value is -1.92. The van der Waals surface area contributed by atoms with E-state index in [1.165, 1.54) is 0 Å². The standard InChI is InChI=1S/C21H29N3O3/c1-17(25)24-14-20(26)23(19-5-3-2-4-6-19)16-21(24)9-10-22(15-21)13-18-7-11-27-12-8-18/h2-6,18H,7-16H2,1H3/t21-/m1/s1. The van der Waals surface area contributed by atoms with Crippen molar-refractivity contribution in [2.75, 3.05) is 50.8 Å². The van der Waals surface area contributed by atoms with E-state index in [-0.39, 0.29) is 23.9 Å². The Kier molecular flexibility index (Phi) is 5.19. The van der Waals surface area contributed by atoms with E-state index in [1.54, 1.807) is 6.92 Å². The number of amides is 2. The molecule has 1 aromatic rings. The maximum Gasteiger partial charge on any atom is 0.246 e. The van der Waals surface area contributed by atoms with Gasteiger partial charge in [-0.2, -0.15) is 0 Å². The van der Waals surface area contributed by atoms with Crippen LogP contribution in [0, 0.1) is 5.92 Å². The Balaban J connectivity index is 1.52. The van der Waals surface area contributed by atoms with Gasteiger partial charge in [0, 0.05) is 45.5 Å². The first-order valence-corrected chi connectivity index (χ1v) is 10.0. The van der Waals surface area contributed by atoms with E-state index < -0.39 is 0 Å². The second-order valence-electron chi connectivity index (χ2n) is 8.19. The molecule has 0 unspecified atom stereocenters. The molecule has 4 rings (SSSR count). The third kappa shape index (κ3) is 3.73. The van der Waals surface area contributed by atoms with Crippen molar-refractivity contribution in [3.63, 3.8) is 0 Å². The van der Waals surface area contributed by atoms with Crippen LogP contribution in [0.4, 0.5) is 5.69 Å². The van der Waals surface area contributed by atoms with Crippen molar-refractivity contribution < 1.29 is 14.3 Å². The largest absolute Gasteiger partial charge is 0.381 e. The monoisotopic (exact) mass is 371 g/mol. The van der Waals surface area contributed by atoms with Crippen molar-refractivity contribution >= 4 is 17.5 Å². The first kappa shape index (κ1) is 18.4. The highest BCUT2D eigenvalue weighted by Crippen LogP contribution is 2.35. The Morgan fingerprint density at radius 1 is 1.19 bits per heavy atom. The predicted molar refractivity (Wildman–Crippen MR) is 104 cm³/mol. The Morgan fingerprint density at radius 2 is 1.93 bits per heavy atom. The second kappa shape index (κ2) is 7.60. The van der Waals surface area contributed by atoms with Crippen molar-refractivity contribution in [3.8, 4) is 0 Å². The fourth-order valence-corrected chi connectivity index (χ4v) is 4.88. The summed E-state index contributed by atoms with van der Waals surface area (Å²) in [7, 11) is 0. The topological polar surface area (TPSA) is 53.1 Å². The molecule has 0 saturated carbocycles. The van der Waals surface area contributed by atoms with Crippen LogP contribution >= 0.6 is 0 Å². The van der Waals surface area contributed by atoms with Gasteiger partial charge in [-0.3, -0.25) is 9.59 Å². The summed E-state index contributed by atoms with van der Waals surface area (Å²) in [5.74, 6) is 0.684. The summed E-state index contributed by atoms with van der Waals surface area (Å²) in [5.41, 5.74) is 0.647. The number of anilines is 1. The zero-order valence-electron chi connectivity index (χ0n) is 16.1. The average Bonchev–Trinajstić information content (AvgIpc) is 3.07. The van der Waals surface area contributed by atoms with Crippen molar-refractivity contribution in [3.05, 3.63) is 30.3 Å². The molecule has 3 aliphatic heterocycles. The lowest BCUT2D eigenvalue weighted by Gasteiger charge is -2.48. The quantitative estimate of drug-likeness (QED) is 0.812. The molecule has 6 nitrogen and oxygen atoms in total. The highest BCUT2D eigenvalue weighted by Gasteiger charge is 2.50. The Bertz CT molecular complexity index is 689. The fourth-order valence-electron chi connectivity index (χ4n) is 4.88. The molecule has 27 heavy (non-hydrogen) atoms. The summed E-state index contributed by atoms with van der Waals surface area (Å²) in [6.07, 6.45) is 3.16. The zero-order chi connectivity index (χ0) is 18.9. The molecule has 0 aromatic heterocycles. The van der Waals surface area contributed by atoms with Crippen molar-refractivity contribution in [1.29, 1.82) is 0 Å². The van der Waals surface area contributed by atoms with Crippen LogP contribution in [0.3, 0.4) is 0 Å². The minimum Gasteiger partial charge on any atom is -0.381 e. The van der Waals surface area contributed by atoms with E-state index >= 15 is 0 Å². The van der Waals surface area contributed by atoms with E-state index in [0.29, 0.717) is 12.5 Å². The first-order valence-electron chi connectivity index (χ1n) is 10.0. The van der Waals surface area contributed by atoms with Gasteiger partial charge in [0.15, 0.2) is 0 Å². The van der Waals surface area contributed by atoms with Gasteiger partial charge >= 0.3 is 0 Å². The Labute approximate surface area is 161 Å². The number of carbonyl (C=O) groups excluding carboxylic acids is 2. The summed E-state index contributed by atoms with van der Waals surface area (Å²) in [4.78, 5) is 31.3. The van der Waals surface area contributed by atoms with Crippen molar-refractivity contribution in [1.82, 2.24) is 9.80 Å². The van der Waals surface area contributed by atoms with E-state index in [2.05, 4.69) is 4.90 Å². The predicted octanol–water partition coefficient (Wildman–Crippen LogP) is 1.75. The van der Waals surface area contributed by atoms with Crippen LogP contribution in [-0.4, -0.2) is 73.1 Å². The van der Waals surface area contributed by atoms with Crippen molar-refractivity contribution in [2.45, 2.75) is 31.7 Å². The molecule has 0 N–H and O–H groups in total. The number of piperazine rings is 1. The van der Waals surface area contributed by atoms with E-state index in [1.807, 2.05) is 40.1 Å². The number of benzene rings is 1. The van der Waals surface area contributed by atoms with Crippen LogP contribution in [0.2, 0.25) is 0 Å².